The second-order valence-corrected chi connectivity index (χ2v) is 4.77. The van der Waals surface area contributed by atoms with Gasteiger partial charge >= 0.3 is 0 Å². The van der Waals surface area contributed by atoms with E-state index in [2.05, 4.69) is 35.4 Å². The Balaban J connectivity index is 2.11. The lowest BCUT2D eigenvalue weighted by Gasteiger charge is -2.10. The lowest BCUT2D eigenvalue weighted by atomic mass is 10.1. The highest BCUT2D eigenvalue weighted by Gasteiger charge is 2.15. The number of amidine groups is 1. The van der Waals surface area contributed by atoms with Gasteiger partial charge in [0.05, 0.1) is 0 Å². The van der Waals surface area contributed by atoms with Gasteiger partial charge in [0.25, 0.3) is 0 Å². The van der Waals surface area contributed by atoms with Gasteiger partial charge in [0, 0.05) is 11.4 Å². The van der Waals surface area contributed by atoms with Crippen molar-refractivity contribution in [3.05, 3.63) is 29.8 Å². The second kappa shape index (κ2) is 5.37. The number of hydrogen-bond acceptors (Lipinski definition) is 4. The van der Waals surface area contributed by atoms with Gasteiger partial charge in [-0.1, -0.05) is 43.3 Å². The maximum absolute atomic E-state index is 9.30. The highest BCUT2D eigenvalue weighted by molar-refractivity contribution is 8.14. The van der Waals surface area contributed by atoms with E-state index in [-0.39, 0.29) is 0 Å². The number of aliphatic hydroxyl groups excluding tert-OH is 1. The lowest BCUT2D eigenvalue weighted by molar-refractivity contribution is 0.213. The van der Waals surface area contributed by atoms with Crippen molar-refractivity contribution >= 4 is 22.6 Å². The lowest BCUT2D eigenvalue weighted by Crippen LogP contribution is -2.07. The molecule has 1 aliphatic heterocycles. The van der Waals surface area contributed by atoms with Crippen LogP contribution in [0.15, 0.2) is 29.3 Å². The summed E-state index contributed by atoms with van der Waals surface area (Å²) in [6.45, 7) is 2.17. The van der Waals surface area contributed by atoms with Crippen molar-refractivity contribution in [1.82, 2.24) is 0 Å². The summed E-state index contributed by atoms with van der Waals surface area (Å²) in [6.07, 6.45) is 1.63. The van der Waals surface area contributed by atoms with Crippen LogP contribution in [0.2, 0.25) is 0 Å². The van der Waals surface area contributed by atoms with E-state index in [0.29, 0.717) is 5.75 Å². The number of para-hydroxylation sites is 1. The summed E-state index contributed by atoms with van der Waals surface area (Å²) in [5.41, 5.74) is 2.40. The van der Waals surface area contributed by atoms with E-state index >= 15 is 0 Å². The van der Waals surface area contributed by atoms with Gasteiger partial charge in [0.1, 0.15) is 0 Å². The minimum absolute atomic E-state index is 0.550. The van der Waals surface area contributed by atoms with Crippen molar-refractivity contribution in [3.8, 4) is 0 Å². The van der Waals surface area contributed by atoms with Crippen LogP contribution in [0.25, 0.3) is 0 Å². The SMILES string of the molecule is CCCc1ccccc1NC1=NC(O)CS1. The number of thioether (sulfide) groups is 1. The number of benzene rings is 1. The van der Waals surface area contributed by atoms with Gasteiger partial charge in [0.2, 0.25) is 0 Å². The highest BCUT2D eigenvalue weighted by atomic mass is 32.2. The smallest absolute Gasteiger partial charge is 0.163 e. The predicted octanol–water partition coefficient (Wildman–Crippen LogP) is 2.47. The highest BCUT2D eigenvalue weighted by Crippen LogP contribution is 2.22. The zero-order chi connectivity index (χ0) is 11.4. The van der Waals surface area contributed by atoms with E-state index in [1.807, 2.05) is 6.07 Å². The molecule has 0 aliphatic carbocycles. The molecular weight excluding hydrogens is 220 g/mol. The summed E-state index contributed by atoms with van der Waals surface area (Å²) < 4.78 is 0. The Morgan fingerprint density at radius 2 is 2.31 bits per heavy atom. The molecule has 1 aliphatic rings. The fourth-order valence-electron chi connectivity index (χ4n) is 1.68. The minimum Gasteiger partial charge on any atom is -0.371 e. The molecule has 1 atom stereocenters. The van der Waals surface area contributed by atoms with Gasteiger partial charge < -0.3 is 10.4 Å². The van der Waals surface area contributed by atoms with Gasteiger partial charge in [-0.25, -0.2) is 4.99 Å². The maximum atomic E-state index is 9.30. The van der Waals surface area contributed by atoms with Gasteiger partial charge in [-0.15, -0.1) is 0 Å². The Morgan fingerprint density at radius 1 is 1.50 bits per heavy atom. The first-order valence-corrected chi connectivity index (χ1v) is 6.51. The van der Waals surface area contributed by atoms with Crippen molar-refractivity contribution in [2.75, 3.05) is 11.1 Å². The molecule has 16 heavy (non-hydrogen) atoms. The van der Waals surface area contributed by atoms with Gasteiger partial charge in [-0.2, -0.15) is 0 Å². The van der Waals surface area contributed by atoms with E-state index in [9.17, 15) is 5.11 Å². The number of rotatable bonds is 3. The number of hydrogen-bond donors (Lipinski definition) is 2. The minimum atomic E-state index is -0.550. The fraction of sp³-hybridized carbons (Fsp3) is 0.417. The molecule has 0 fully saturated rings. The molecule has 0 aromatic heterocycles. The van der Waals surface area contributed by atoms with Gasteiger partial charge in [-0.05, 0) is 18.1 Å². The molecule has 0 radical (unpaired) electrons. The molecule has 2 rings (SSSR count). The van der Waals surface area contributed by atoms with Crippen molar-refractivity contribution in [2.24, 2.45) is 4.99 Å². The van der Waals surface area contributed by atoms with E-state index in [0.717, 1.165) is 23.7 Å². The number of nitrogens with one attached hydrogen (secondary N) is 1. The predicted molar refractivity (Wildman–Crippen MR) is 70.0 cm³/mol. The standard InChI is InChI=1S/C12H16N2OS/c1-2-5-9-6-3-4-7-10(9)13-12-14-11(15)8-16-12/h3-4,6-7,11,15H,2,5,8H2,1H3,(H,13,14). The van der Waals surface area contributed by atoms with Crippen LogP contribution in [0.4, 0.5) is 5.69 Å². The van der Waals surface area contributed by atoms with Crippen LogP contribution in [0, 0.1) is 0 Å². The van der Waals surface area contributed by atoms with Crippen LogP contribution in [0.1, 0.15) is 18.9 Å². The summed E-state index contributed by atoms with van der Waals surface area (Å²) in [6, 6.07) is 8.24. The van der Waals surface area contributed by atoms with Crippen LogP contribution < -0.4 is 5.32 Å². The summed E-state index contributed by atoms with van der Waals surface area (Å²) in [4.78, 5) is 4.11. The molecule has 2 N–H and O–H groups in total. The van der Waals surface area contributed by atoms with Crippen LogP contribution >= 0.6 is 11.8 Å². The summed E-state index contributed by atoms with van der Waals surface area (Å²) in [5.74, 6) is 0.651. The number of anilines is 1. The number of nitrogens with zero attached hydrogens (tertiary/aromatic N) is 1. The fourth-order valence-corrected chi connectivity index (χ4v) is 2.44. The third-order valence-electron chi connectivity index (χ3n) is 2.41. The summed E-state index contributed by atoms with van der Waals surface area (Å²) in [5, 5.41) is 13.4. The van der Waals surface area contributed by atoms with E-state index in [1.54, 1.807) is 11.8 Å². The van der Waals surface area contributed by atoms with Crippen LogP contribution in [0.5, 0.6) is 0 Å². The number of aliphatic imine (C=N–C) groups is 1. The van der Waals surface area contributed by atoms with Crippen LogP contribution in [-0.4, -0.2) is 22.3 Å². The number of aliphatic hydroxyl groups is 1. The Kier molecular flexibility index (Phi) is 3.85. The topological polar surface area (TPSA) is 44.6 Å². The first kappa shape index (κ1) is 11.5. The third-order valence-corrected chi connectivity index (χ3v) is 3.36. The molecule has 86 valence electrons. The van der Waals surface area contributed by atoms with E-state index in [4.69, 9.17) is 0 Å². The Hall–Kier alpha value is -1.000. The monoisotopic (exact) mass is 236 g/mol. The quantitative estimate of drug-likeness (QED) is 0.847. The van der Waals surface area contributed by atoms with Crippen molar-refractivity contribution < 1.29 is 5.11 Å². The molecule has 1 unspecified atom stereocenters. The summed E-state index contributed by atoms with van der Waals surface area (Å²) >= 11 is 1.56. The van der Waals surface area contributed by atoms with Crippen molar-refractivity contribution in [3.63, 3.8) is 0 Å². The first-order valence-electron chi connectivity index (χ1n) is 5.53. The second-order valence-electron chi connectivity index (χ2n) is 3.76. The summed E-state index contributed by atoms with van der Waals surface area (Å²) in [7, 11) is 0. The third kappa shape index (κ3) is 2.77. The average Bonchev–Trinajstić information content (AvgIpc) is 2.67. The zero-order valence-corrected chi connectivity index (χ0v) is 10.1. The molecular formula is C12H16N2OS. The maximum Gasteiger partial charge on any atom is 0.163 e. The molecule has 0 saturated carbocycles. The van der Waals surface area contributed by atoms with Crippen LogP contribution in [0.3, 0.4) is 0 Å². The molecule has 1 aromatic carbocycles. The molecule has 3 nitrogen and oxygen atoms in total. The largest absolute Gasteiger partial charge is 0.371 e. The molecule has 1 heterocycles. The van der Waals surface area contributed by atoms with Gasteiger partial charge in [-0.3, -0.25) is 0 Å². The van der Waals surface area contributed by atoms with E-state index in [1.165, 1.54) is 5.56 Å². The molecule has 0 amide bonds. The Morgan fingerprint density at radius 3 is 3.00 bits per heavy atom. The molecule has 0 bridgehead atoms. The Labute approximate surface area is 100.0 Å². The van der Waals surface area contributed by atoms with Crippen molar-refractivity contribution in [2.45, 2.75) is 26.0 Å². The molecule has 1 aromatic rings. The average molecular weight is 236 g/mol. The normalized spacial score (nSPS) is 19.6. The Bertz CT molecular complexity index is 392. The zero-order valence-electron chi connectivity index (χ0n) is 9.31. The molecule has 0 saturated heterocycles. The van der Waals surface area contributed by atoms with Crippen molar-refractivity contribution in [1.29, 1.82) is 0 Å². The first-order chi connectivity index (χ1) is 7.79. The number of aryl methyl sites for hydroxylation is 1. The molecule has 0 spiro atoms. The molecule has 4 heteroatoms. The van der Waals surface area contributed by atoms with E-state index < -0.39 is 6.23 Å². The van der Waals surface area contributed by atoms with Crippen LogP contribution in [-0.2, 0) is 6.42 Å². The van der Waals surface area contributed by atoms with Gasteiger partial charge in [0.15, 0.2) is 11.4 Å².